The number of aryl methyl sites for hydroxylation is 1. The minimum Gasteiger partial charge on any atom is -0.443 e. The topological polar surface area (TPSA) is 75.3 Å². The van der Waals surface area contributed by atoms with E-state index in [0.29, 0.717) is 12.4 Å². The monoisotopic (exact) mass is 363 g/mol. The molecular formula is C18H29N5OS. The lowest BCUT2D eigenvalue weighted by molar-refractivity contribution is 0.383. The second-order valence-corrected chi connectivity index (χ2v) is 8.01. The summed E-state index contributed by atoms with van der Waals surface area (Å²) in [4.78, 5) is 14.6. The molecule has 7 heteroatoms. The average Bonchev–Trinajstić information content (AvgIpc) is 3.21. The quantitative estimate of drug-likeness (QED) is 0.583. The molecule has 0 aliphatic rings. The lowest BCUT2D eigenvalue weighted by Crippen LogP contribution is -2.38. The third-order valence-corrected chi connectivity index (χ3v) is 4.79. The highest BCUT2D eigenvalue weighted by Gasteiger charge is 2.19. The number of thiazole rings is 1. The number of guanidine groups is 1. The highest BCUT2D eigenvalue weighted by atomic mass is 32.1. The smallest absolute Gasteiger partial charge is 0.216 e. The summed E-state index contributed by atoms with van der Waals surface area (Å²) in [5, 5.41) is 7.74. The molecule has 2 aromatic rings. The molecule has 0 fully saturated rings. The van der Waals surface area contributed by atoms with Crippen LogP contribution in [-0.2, 0) is 24.8 Å². The molecule has 2 aromatic heterocycles. The maximum Gasteiger partial charge on any atom is 0.216 e. The molecule has 0 saturated heterocycles. The molecule has 0 amide bonds. The van der Waals surface area contributed by atoms with E-state index in [-0.39, 0.29) is 5.41 Å². The zero-order valence-corrected chi connectivity index (χ0v) is 16.7. The molecule has 0 aliphatic heterocycles. The molecule has 2 heterocycles. The molecule has 0 unspecified atom stereocenters. The molecule has 2 N–H and O–H groups in total. The standard InChI is InChI=1S/C18H29N5OS/c1-6-13-10-22-16(25-13)8-9-20-17(19-7-2)23-12-15-21-11-14(24-15)18(3,4)5/h10-11H,6-9,12H2,1-5H3,(H2,19,20,23). The van der Waals surface area contributed by atoms with E-state index in [1.54, 1.807) is 17.5 Å². The Morgan fingerprint density at radius 3 is 2.60 bits per heavy atom. The van der Waals surface area contributed by atoms with Crippen molar-refractivity contribution in [2.75, 3.05) is 13.1 Å². The lowest BCUT2D eigenvalue weighted by atomic mass is 9.94. The van der Waals surface area contributed by atoms with Crippen molar-refractivity contribution in [2.45, 2.75) is 59.4 Å². The van der Waals surface area contributed by atoms with Gasteiger partial charge in [-0.3, -0.25) is 0 Å². The molecule has 6 nitrogen and oxygen atoms in total. The molecule has 0 saturated carbocycles. The van der Waals surface area contributed by atoms with E-state index >= 15 is 0 Å². The van der Waals surface area contributed by atoms with Crippen LogP contribution in [0, 0.1) is 0 Å². The van der Waals surface area contributed by atoms with Crippen LogP contribution in [0.5, 0.6) is 0 Å². The van der Waals surface area contributed by atoms with Crippen LogP contribution < -0.4 is 10.6 Å². The molecule has 2 rings (SSSR count). The van der Waals surface area contributed by atoms with Crippen molar-refractivity contribution in [1.29, 1.82) is 0 Å². The molecule has 25 heavy (non-hydrogen) atoms. The second kappa shape index (κ2) is 8.99. The number of rotatable bonds is 7. The molecule has 0 atom stereocenters. The van der Waals surface area contributed by atoms with Crippen molar-refractivity contribution in [3.05, 3.63) is 33.9 Å². The first kappa shape index (κ1) is 19.4. The fourth-order valence-electron chi connectivity index (χ4n) is 2.13. The summed E-state index contributed by atoms with van der Waals surface area (Å²) in [7, 11) is 0. The Hall–Kier alpha value is -1.89. The maximum absolute atomic E-state index is 5.78. The van der Waals surface area contributed by atoms with Crippen molar-refractivity contribution < 1.29 is 4.42 Å². The van der Waals surface area contributed by atoms with Crippen LogP contribution in [0.2, 0.25) is 0 Å². The van der Waals surface area contributed by atoms with Gasteiger partial charge in [0.2, 0.25) is 5.89 Å². The van der Waals surface area contributed by atoms with Gasteiger partial charge in [0.05, 0.1) is 11.2 Å². The number of hydrogen-bond donors (Lipinski definition) is 2. The molecule has 0 bridgehead atoms. The van der Waals surface area contributed by atoms with E-state index in [1.165, 1.54) is 4.88 Å². The average molecular weight is 364 g/mol. The van der Waals surface area contributed by atoms with Gasteiger partial charge in [-0.1, -0.05) is 27.7 Å². The minimum atomic E-state index is -0.0389. The summed E-state index contributed by atoms with van der Waals surface area (Å²) < 4.78 is 5.78. The molecule has 0 aromatic carbocycles. The van der Waals surface area contributed by atoms with Gasteiger partial charge < -0.3 is 15.1 Å². The van der Waals surface area contributed by atoms with Gasteiger partial charge in [0.1, 0.15) is 12.3 Å². The van der Waals surface area contributed by atoms with Gasteiger partial charge in [-0.15, -0.1) is 11.3 Å². The van der Waals surface area contributed by atoms with Crippen molar-refractivity contribution in [3.8, 4) is 0 Å². The zero-order valence-electron chi connectivity index (χ0n) is 15.8. The molecule has 0 radical (unpaired) electrons. The van der Waals surface area contributed by atoms with Gasteiger partial charge in [-0.05, 0) is 13.3 Å². The largest absolute Gasteiger partial charge is 0.443 e. The minimum absolute atomic E-state index is 0.0389. The maximum atomic E-state index is 5.78. The Kier molecular flexibility index (Phi) is 6.99. The summed E-state index contributed by atoms with van der Waals surface area (Å²) >= 11 is 1.78. The number of aromatic nitrogens is 2. The van der Waals surface area contributed by atoms with Crippen molar-refractivity contribution in [3.63, 3.8) is 0 Å². The predicted octanol–water partition coefficient (Wildman–Crippen LogP) is 3.29. The van der Waals surface area contributed by atoms with Gasteiger partial charge in [-0.2, -0.15) is 0 Å². The first-order chi connectivity index (χ1) is 11.9. The van der Waals surface area contributed by atoms with Crippen LogP contribution in [-0.4, -0.2) is 29.0 Å². The first-order valence-electron chi connectivity index (χ1n) is 8.83. The lowest BCUT2D eigenvalue weighted by Gasteiger charge is -2.13. The second-order valence-electron chi connectivity index (χ2n) is 6.81. The summed E-state index contributed by atoms with van der Waals surface area (Å²) in [6.45, 7) is 12.5. The Morgan fingerprint density at radius 2 is 2.00 bits per heavy atom. The van der Waals surface area contributed by atoms with E-state index in [1.807, 2.05) is 6.20 Å². The Bertz CT molecular complexity index is 684. The van der Waals surface area contributed by atoms with E-state index in [0.717, 1.165) is 42.7 Å². The molecular weight excluding hydrogens is 334 g/mol. The van der Waals surface area contributed by atoms with Gasteiger partial charge in [0.15, 0.2) is 5.96 Å². The highest BCUT2D eigenvalue weighted by molar-refractivity contribution is 7.11. The number of hydrogen-bond acceptors (Lipinski definition) is 5. The van der Waals surface area contributed by atoms with E-state index in [4.69, 9.17) is 4.42 Å². The SMILES string of the molecule is CCNC(=NCc1ncc(C(C)(C)C)o1)NCCc1ncc(CC)s1. The third-order valence-electron chi connectivity index (χ3n) is 3.59. The third kappa shape index (κ3) is 6.16. The number of nitrogens with zero attached hydrogens (tertiary/aromatic N) is 3. The van der Waals surface area contributed by atoms with Gasteiger partial charge in [0, 0.05) is 36.0 Å². The van der Waals surface area contributed by atoms with E-state index in [2.05, 4.69) is 60.2 Å². The van der Waals surface area contributed by atoms with Gasteiger partial charge in [-0.25, -0.2) is 15.0 Å². The Morgan fingerprint density at radius 1 is 1.20 bits per heavy atom. The van der Waals surface area contributed by atoms with Crippen molar-refractivity contribution >= 4 is 17.3 Å². The summed E-state index contributed by atoms with van der Waals surface area (Å²) in [6, 6.07) is 0. The fourth-order valence-corrected chi connectivity index (χ4v) is 3.00. The summed E-state index contributed by atoms with van der Waals surface area (Å²) in [5.41, 5.74) is -0.0389. The van der Waals surface area contributed by atoms with Crippen LogP contribution in [0.3, 0.4) is 0 Å². The number of oxazole rings is 1. The van der Waals surface area contributed by atoms with Crippen LogP contribution in [0.4, 0.5) is 0 Å². The summed E-state index contributed by atoms with van der Waals surface area (Å²) in [6.07, 6.45) is 5.69. The highest BCUT2D eigenvalue weighted by Crippen LogP contribution is 2.22. The van der Waals surface area contributed by atoms with Crippen molar-refractivity contribution in [2.24, 2.45) is 4.99 Å². The number of aliphatic imine (C=N–C) groups is 1. The number of nitrogens with one attached hydrogen (secondary N) is 2. The van der Waals surface area contributed by atoms with Crippen LogP contribution in [0.1, 0.15) is 56.2 Å². The van der Waals surface area contributed by atoms with Crippen molar-refractivity contribution in [1.82, 2.24) is 20.6 Å². The normalized spacial score (nSPS) is 12.4. The van der Waals surface area contributed by atoms with Crippen LogP contribution >= 0.6 is 11.3 Å². The van der Waals surface area contributed by atoms with E-state index < -0.39 is 0 Å². The first-order valence-corrected chi connectivity index (χ1v) is 9.65. The molecule has 138 valence electrons. The fraction of sp³-hybridized carbons (Fsp3) is 0.611. The zero-order chi connectivity index (χ0) is 18.3. The molecule has 0 spiro atoms. The Labute approximate surface area is 154 Å². The van der Waals surface area contributed by atoms with Gasteiger partial charge in [0.25, 0.3) is 0 Å². The van der Waals surface area contributed by atoms with Crippen LogP contribution in [0.15, 0.2) is 21.8 Å². The van der Waals surface area contributed by atoms with Gasteiger partial charge >= 0.3 is 0 Å². The predicted molar refractivity (Wildman–Crippen MR) is 103 cm³/mol. The summed E-state index contributed by atoms with van der Waals surface area (Å²) in [5.74, 6) is 2.28. The Balaban J connectivity index is 1.88. The van der Waals surface area contributed by atoms with E-state index in [9.17, 15) is 0 Å². The molecule has 0 aliphatic carbocycles. The van der Waals surface area contributed by atoms with Crippen LogP contribution in [0.25, 0.3) is 0 Å².